The Bertz CT molecular complexity index is 1520. The first-order valence-electron chi connectivity index (χ1n) is 13.8. The molecule has 8 nitrogen and oxygen atoms in total. The summed E-state index contributed by atoms with van der Waals surface area (Å²) >= 11 is 0. The van der Waals surface area contributed by atoms with Crippen LogP contribution in [0.4, 0.5) is 0 Å². The van der Waals surface area contributed by atoms with Crippen molar-refractivity contribution in [2.24, 2.45) is 23.9 Å². The Labute approximate surface area is 217 Å². The molecule has 5 heterocycles. The van der Waals surface area contributed by atoms with Gasteiger partial charge in [-0.25, -0.2) is 9.98 Å². The number of imidazole rings is 1. The Balaban J connectivity index is 1.27. The molecule has 1 unspecified atom stereocenters. The lowest BCUT2D eigenvalue weighted by molar-refractivity contribution is 0.0139. The van der Waals surface area contributed by atoms with Gasteiger partial charge in [0.05, 0.1) is 16.7 Å². The third-order valence-electron chi connectivity index (χ3n) is 9.04. The highest BCUT2D eigenvalue weighted by molar-refractivity contribution is 5.98. The molecule has 0 radical (unpaired) electrons. The van der Waals surface area contributed by atoms with E-state index in [-0.39, 0.29) is 5.91 Å². The number of fused-ring (bicyclic) bond motifs is 3. The molecule has 2 saturated heterocycles. The Morgan fingerprint density at radius 1 is 1.22 bits per heavy atom. The summed E-state index contributed by atoms with van der Waals surface area (Å²) in [6.45, 7) is 5.70. The maximum atomic E-state index is 13.4. The zero-order valence-electron chi connectivity index (χ0n) is 22.0. The zero-order chi connectivity index (χ0) is 25.3. The van der Waals surface area contributed by atoms with Crippen molar-refractivity contribution in [3.8, 4) is 11.5 Å². The Morgan fingerprint density at radius 3 is 2.89 bits per heavy atom. The highest BCUT2D eigenvalue weighted by atomic mass is 16.5. The molecule has 7 rings (SSSR count). The number of aryl methyl sites for hydroxylation is 1. The number of methoxy groups -OCH3 is 1. The number of hydrogen-bond acceptors (Lipinski definition) is 5. The fourth-order valence-electron chi connectivity index (χ4n) is 6.42. The van der Waals surface area contributed by atoms with Gasteiger partial charge in [-0.15, -0.1) is 0 Å². The summed E-state index contributed by atoms with van der Waals surface area (Å²) in [7, 11) is 3.80. The molecule has 1 aromatic carbocycles. The van der Waals surface area contributed by atoms with Crippen LogP contribution in [0, 0.1) is 11.8 Å². The largest absolute Gasteiger partial charge is 0.357 e. The van der Waals surface area contributed by atoms with Crippen LogP contribution in [-0.4, -0.2) is 63.4 Å². The van der Waals surface area contributed by atoms with Crippen molar-refractivity contribution in [3.63, 3.8) is 0 Å². The van der Waals surface area contributed by atoms with E-state index in [2.05, 4.69) is 33.6 Å². The lowest BCUT2D eigenvalue weighted by atomic mass is 9.92. The van der Waals surface area contributed by atoms with Gasteiger partial charge < -0.3 is 24.1 Å². The molecular weight excluding hydrogens is 464 g/mol. The molecule has 8 heteroatoms. The maximum absolute atomic E-state index is 13.4. The van der Waals surface area contributed by atoms with Crippen molar-refractivity contribution < 1.29 is 9.53 Å². The fraction of sp³-hybridized carbons (Fsp3) is 0.552. The van der Waals surface area contributed by atoms with Crippen molar-refractivity contribution in [2.75, 3.05) is 26.7 Å². The first kappa shape index (κ1) is 23.2. The summed E-state index contributed by atoms with van der Waals surface area (Å²) in [5.41, 5.74) is 4.15. The topological polar surface area (TPSA) is 76.7 Å². The summed E-state index contributed by atoms with van der Waals surface area (Å²) in [4.78, 5) is 25.6. The molecule has 1 aliphatic carbocycles. The van der Waals surface area contributed by atoms with Crippen molar-refractivity contribution in [3.05, 3.63) is 40.5 Å². The summed E-state index contributed by atoms with van der Waals surface area (Å²) in [6, 6.07) is 8.65. The van der Waals surface area contributed by atoms with E-state index < -0.39 is 5.72 Å². The smallest absolute Gasteiger partial charge is 0.253 e. The van der Waals surface area contributed by atoms with Crippen LogP contribution in [0.25, 0.3) is 28.6 Å². The number of rotatable bonds is 5. The van der Waals surface area contributed by atoms with Gasteiger partial charge in [0.25, 0.3) is 5.91 Å². The highest BCUT2D eigenvalue weighted by Crippen LogP contribution is 2.33. The lowest BCUT2D eigenvalue weighted by Crippen LogP contribution is -2.48. The SMILES string of the molecule is COC1(C)CC=c2cc(-c3nc4cc(C(=O)N5CC[C@H]6CCN[C@H]6C5)ccc4n3C)n(CC3CC3)c2=N1. The molecule has 2 aromatic heterocycles. The molecule has 3 aliphatic heterocycles. The number of benzene rings is 1. The number of aromatic nitrogens is 3. The highest BCUT2D eigenvalue weighted by Gasteiger charge is 2.35. The molecule has 194 valence electrons. The van der Waals surface area contributed by atoms with Gasteiger partial charge in [-0.2, -0.15) is 0 Å². The molecule has 4 aliphatic rings. The molecule has 1 saturated carbocycles. The van der Waals surface area contributed by atoms with E-state index in [9.17, 15) is 4.79 Å². The Morgan fingerprint density at radius 2 is 2.08 bits per heavy atom. The number of carbonyl (C=O) groups excluding carboxylic acids is 1. The molecule has 0 spiro atoms. The van der Waals surface area contributed by atoms with Gasteiger partial charge in [0.1, 0.15) is 5.49 Å². The van der Waals surface area contributed by atoms with Crippen LogP contribution >= 0.6 is 0 Å². The minimum absolute atomic E-state index is 0.112. The molecule has 1 N–H and O–H groups in total. The van der Waals surface area contributed by atoms with E-state index in [1.807, 2.05) is 30.0 Å². The molecule has 3 atom stereocenters. The van der Waals surface area contributed by atoms with Crippen LogP contribution in [0.2, 0.25) is 0 Å². The van der Waals surface area contributed by atoms with Gasteiger partial charge in [0, 0.05) is 57.0 Å². The number of carbonyl (C=O) groups is 1. The van der Waals surface area contributed by atoms with E-state index in [0.29, 0.717) is 17.9 Å². The molecule has 1 amide bonds. The van der Waals surface area contributed by atoms with Gasteiger partial charge in [-0.1, -0.05) is 6.08 Å². The molecule has 37 heavy (non-hydrogen) atoms. The lowest BCUT2D eigenvalue weighted by Gasteiger charge is -2.35. The normalized spacial score (nSPS) is 27.1. The zero-order valence-corrected chi connectivity index (χ0v) is 22.0. The van der Waals surface area contributed by atoms with Gasteiger partial charge in [-0.05, 0) is 75.3 Å². The predicted molar refractivity (Wildman–Crippen MR) is 143 cm³/mol. The average Bonchev–Trinajstić information content (AvgIpc) is 3.35. The van der Waals surface area contributed by atoms with Crippen LogP contribution in [0.3, 0.4) is 0 Å². The summed E-state index contributed by atoms with van der Waals surface area (Å²) < 4.78 is 10.2. The average molecular weight is 501 g/mol. The minimum atomic E-state index is -0.534. The molecule has 3 aromatic rings. The first-order valence-corrected chi connectivity index (χ1v) is 13.8. The number of ether oxygens (including phenoxy) is 1. The van der Waals surface area contributed by atoms with Crippen molar-refractivity contribution >= 4 is 23.0 Å². The standard InChI is InChI=1S/C29H36N6O2/c1-29(37-3)11-8-20-15-25(35(26(20)32-29)16-18-4-5-18)27-31-22-14-21(6-7-24(22)33(27)2)28(36)34-13-10-19-9-12-30-23(19)17-34/h6-8,14-15,18-19,23,30H,4-5,9-13,16-17H2,1-3H3/t19-,23+,29?/m1/s1. The van der Waals surface area contributed by atoms with E-state index >= 15 is 0 Å². The Hall–Kier alpha value is -2.97. The second-order valence-electron chi connectivity index (χ2n) is 11.6. The summed E-state index contributed by atoms with van der Waals surface area (Å²) in [5, 5.41) is 4.73. The van der Waals surface area contributed by atoms with Crippen LogP contribution in [0.15, 0.2) is 29.3 Å². The number of hydrogen-bond donors (Lipinski definition) is 1. The number of likely N-dealkylation sites (tertiary alicyclic amines) is 1. The fourth-order valence-corrected chi connectivity index (χ4v) is 6.42. The first-order chi connectivity index (χ1) is 17.9. The van der Waals surface area contributed by atoms with Crippen molar-refractivity contribution in [1.29, 1.82) is 0 Å². The van der Waals surface area contributed by atoms with Gasteiger partial charge >= 0.3 is 0 Å². The molecular formula is C29H36N6O2. The molecule has 0 bridgehead atoms. The van der Waals surface area contributed by atoms with Crippen LogP contribution in [-0.2, 0) is 18.3 Å². The second kappa shape index (κ2) is 8.53. The quantitative estimate of drug-likeness (QED) is 0.584. The van der Waals surface area contributed by atoms with Crippen molar-refractivity contribution in [1.82, 2.24) is 24.3 Å². The van der Waals surface area contributed by atoms with E-state index in [4.69, 9.17) is 14.7 Å². The van der Waals surface area contributed by atoms with E-state index in [1.165, 1.54) is 19.3 Å². The van der Waals surface area contributed by atoms with Crippen LogP contribution in [0.5, 0.6) is 0 Å². The number of nitrogens with one attached hydrogen (secondary N) is 1. The van der Waals surface area contributed by atoms with E-state index in [1.54, 1.807) is 7.11 Å². The minimum Gasteiger partial charge on any atom is -0.357 e. The van der Waals surface area contributed by atoms with Gasteiger partial charge in [0.2, 0.25) is 0 Å². The van der Waals surface area contributed by atoms with Crippen LogP contribution in [0.1, 0.15) is 49.4 Å². The maximum Gasteiger partial charge on any atom is 0.253 e. The Kier molecular flexibility index (Phi) is 5.34. The third kappa shape index (κ3) is 3.92. The molecule has 3 fully saturated rings. The number of nitrogens with zero attached hydrogens (tertiary/aromatic N) is 5. The monoisotopic (exact) mass is 500 g/mol. The predicted octanol–water partition coefficient (Wildman–Crippen LogP) is 2.44. The van der Waals surface area contributed by atoms with Gasteiger partial charge in [0.15, 0.2) is 11.5 Å². The third-order valence-corrected chi connectivity index (χ3v) is 9.04. The summed E-state index contributed by atoms with van der Waals surface area (Å²) in [6.07, 6.45) is 7.84. The second-order valence-corrected chi connectivity index (χ2v) is 11.6. The summed E-state index contributed by atoms with van der Waals surface area (Å²) in [5.74, 6) is 2.43. The number of piperidine rings is 1. The van der Waals surface area contributed by atoms with E-state index in [0.717, 1.165) is 77.8 Å². The van der Waals surface area contributed by atoms with Crippen molar-refractivity contribution in [2.45, 2.75) is 57.3 Å². The van der Waals surface area contributed by atoms with Crippen LogP contribution < -0.4 is 16.0 Å². The number of amides is 1. The van der Waals surface area contributed by atoms with Gasteiger partial charge in [-0.3, -0.25) is 4.79 Å².